The number of amides is 2. The number of aromatic nitrogens is 1. The SMILES string of the molecule is O=C(NCc1ccncc1)C(=O)N/N=C/c1cccc2ccccc12. The summed E-state index contributed by atoms with van der Waals surface area (Å²) in [5.41, 5.74) is 3.95. The van der Waals surface area contributed by atoms with Crippen LogP contribution in [0.25, 0.3) is 10.8 Å². The summed E-state index contributed by atoms with van der Waals surface area (Å²) in [5.74, 6) is -1.56. The van der Waals surface area contributed by atoms with E-state index >= 15 is 0 Å². The number of carbonyl (C=O) groups excluding carboxylic acids is 2. The molecule has 0 unspecified atom stereocenters. The quantitative estimate of drug-likeness (QED) is 0.435. The summed E-state index contributed by atoms with van der Waals surface area (Å²) in [6.07, 6.45) is 4.77. The fourth-order valence-corrected chi connectivity index (χ4v) is 2.34. The smallest absolute Gasteiger partial charge is 0.329 e. The molecule has 0 saturated heterocycles. The normalized spacial score (nSPS) is 10.7. The van der Waals surface area contributed by atoms with Gasteiger partial charge in [0.05, 0.1) is 6.21 Å². The van der Waals surface area contributed by atoms with E-state index < -0.39 is 11.8 Å². The Labute approximate surface area is 144 Å². The monoisotopic (exact) mass is 332 g/mol. The van der Waals surface area contributed by atoms with E-state index in [1.54, 1.807) is 24.5 Å². The molecule has 6 heteroatoms. The fourth-order valence-electron chi connectivity index (χ4n) is 2.34. The number of nitrogens with zero attached hydrogens (tertiary/aromatic N) is 2. The van der Waals surface area contributed by atoms with Gasteiger partial charge in [0.1, 0.15) is 0 Å². The van der Waals surface area contributed by atoms with Crippen molar-refractivity contribution in [2.24, 2.45) is 5.10 Å². The van der Waals surface area contributed by atoms with Crippen molar-refractivity contribution in [2.75, 3.05) is 0 Å². The molecule has 2 amide bonds. The van der Waals surface area contributed by atoms with Gasteiger partial charge >= 0.3 is 11.8 Å². The zero-order chi connectivity index (χ0) is 17.5. The third-order valence-corrected chi connectivity index (χ3v) is 3.60. The molecule has 2 N–H and O–H groups in total. The van der Waals surface area contributed by atoms with Gasteiger partial charge in [-0.25, -0.2) is 5.43 Å². The highest BCUT2D eigenvalue weighted by molar-refractivity contribution is 6.35. The summed E-state index contributed by atoms with van der Waals surface area (Å²) in [7, 11) is 0. The maximum absolute atomic E-state index is 11.8. The Balaban J connectivity index is 1.57. The van der Waals surface area contributed by atoms with Gasteiger partial charge < -0.3 is 5.32 Å². The lowest BCUT2D eigenvalue weighted by atomic mass is 10.1. The Bertz CT molecular complexity index is 918. The van der Waals surface area contributed by atoms with Crippen molar-refractivity contribution in [2.45, 2.75) is 6.54 Å². The first-order chi connectivity index (χ1) is 12.2. The maximum atomic E-state index is 11.8. The topological polar surface area (TPSA) is 83.5 Å². The van der Waals surface area contributed by atoms with Crippen molar-refractivity contribution >= 4 is 28.8 Å². The average molecular weight is 332 g/mol. The second-order valence-electron chi connectivity index (χ2n) is 5.31. The van der Waals surface area contributed by atoms with Crippen LogP contribution in [0.5, 0.6) is 0 Å². The summed E-state index contributed by atoms with van der Waals surface area (Å²) >= 11 is 0. The molecule has 3 aromatic rings. The number of hydrogen-bond acceptors (Lipinski definition) is 4. The van der Waals surface area contributed by atoms with E-state index in [0.29, 0.717) is 0 Å². The highest BCUT2D eigenvalue weighted by Gasteiger charge is 2.11. The number of rotatable bonds is 4. The molecule has 0 aliphatic heterocycles. The molecule has 2 aromatic carbocycles. The van der Waals surface area contributed by atoms with Crippen LogP contribution in [-0.2, 0) is 16.1 Å². The van der Waals surface area contributed by atoms with Crippen LogP contribution in [0.3, 0.4) is 0 Å². The first kappa shape index (κ1) is 16.3. The lowest BCUT2D eigenvalue weighted by Gasteiger charge is -2.04. The van der Waals surface area contributed by atoms with Gasteiger partial charge in [-0.2, -0.15) is 5.10 Å². The molecular weight excluding hydrogens is 316 g/mol. The Hall–Kier alpha value is -3.54. The molecule has 0 saturated carbocycles. The first-order valence-corrected chi connectivity index (χ1v) is 7.72. The number of fused-ring (bicyclic) bond motifs is 1. The minimum atomic E-state index is -0.814. The number of pyridine rings is 1. The third kappa shape index (κ3) is 4.26. The molecule has 0 fully saturated rings. The van der Waals surface area contributed by atoms with Gasteiger partial charge in [-0.15, -0.1) is 0 Å². The number of hydrazone groups is 1. The van der Waals surface area contributed by atoms with E-state index in [-0.39, 0.29) is 6.54 Å². The minimum absolute atomic E-state index is 0.252. The van der Waals surface area contributed by atoms with Crippen LogP contribution in [0.15, 0.2) is 72.1 Å². The molecule has 0 bridgehead atoms. The van der Waals surface area contributed by atoms with Crippen molar-refractivity contribution in [1.29, 1.82) is 0 Å². The minimum Gasteiger partial charge on any atom is -0.344 e. The summed E-state index contributed by atoms with van der Waals surface area (Å²) in [6, 6.07) is 17.2. The van der Waals surface area contributed by atoms with Crippen LogP contribution in [0.2, 0.25) is 0 Å². The highest BCUT2D eigenvalue weighted by Crippen LogP contribution is 2.16. The van der Waals surface area contributed by atoms with Gasteiger partial charge in [-0.1, -0.05) is 42.5 Å². The Morgan fingerprint density at radius 3 is 2.56 bits per heavy atom. The molecule has 0 aliphatic carbocycles. The van der Waals surface area contributed by atoms with Gasteiger partial charge in [0.15, 0.2) is 0 Å². The number of nitrogens with one attached hydrogen (secondary N) is 2. The molecule has 124 valence electrons. The Kier molecular flexibility index (Phi) is 5.11. The molecular formula is C19H16N4O2. The van der Waals surface area contributed by atoms with E-state index in [4.69, 9.17) is 0 Å². The lowest BCUT2D eigenvalue weighted by molar-refractivity contribution is -0.139. The van der Waals surface area contributed by atoms with Crippen molar-refractivity contribution in [3.63, 3.8) is 0 Å². The number of carbonyl (C=O) groups is 2. The number of hydrogen-bond donors (Lipinski definition) is 2. The van der Waals surface area contributed by atoms with Crippen LogP contribution in [-0.4, -0.2) is 23.0 Å². The van der Waals surface area contributed by atoms with E-state index in [2.05, 4.69) is 20.8 Å². The van der Waals surface area contributed by atoms with E-state index in [9.17, 15) is 9.59 Å². The predicted octanol–water partition coefficient (Wildman–Crippen LogP) is 2.00. The maximum Gasteiger partial charge on any atom is 0.329 e. The second kappa shape index (κ2) is 7.83. The summed E-state index contributed by atoms with van der Waals surface area (Å²) in [6.45, 7) is 0.252. The molecule has 1 heterocycles. The van der Waals surface area contributed by atoms with Crippen LogP contribution < -0.4 is 10.7 Å². The van der Waals surface area contributed by atoms with E-state index in [1.165, 1.54) is 6.21 Å². The van der Waals surface area contributed by atoms with Gasteiger partial charge in [0.2, 0.25) is 0 Å². The summed E-state index contributed by atoms with van der Waals surface area (Å²) in [5, 5.41) is 8.49. The fraction of sp³-hybridized carbons (Fsp3) is 0.0526. The third-order valence-electron chi connectivity index (χ3n) is 3.60. The standard InChI is InChI=1S/C19H16N4O2/c24-18(21-12-14-8-10-20-11-9-14)19(25)23-22-13-16-6-3-5-15-4-1-2-7-17(15)16/h1-11,13H,12H2,(H,21,24)(H,23,25)/b22-13+. The average Bonchev–Trinajstić information content (AvgIpc) is 2.67. The molecule has 1 aromatic heterocycles. The van der Waals surface area contributed by atoms with Gasteiger partial charge in [-0.3, -0.25) is 14.6 Å². The van der Waals surface area contributed by atoms with Crippen LogP contribution >= 0.6 is 0 Å². The van der Waals surface area contributed by atoms with Crippen LogP contribution in [0.4, 0.5) is 0 Å². The van der Waals surface area contributed by atoms with Crippen LogP contribution in [0, 0.1) is 0 Å². The second-order valence-corrected chi connectivity index (χ2v) is 5.31. The highest BCUT2D eigenvalue weighted by atomic mass is 16.2. The Morgan fingerprint density at radius 1 is 0.960 bits per heavy atom. The van der Waals surface area contributed by atoms with Gasteiger partial charge in [0, 0.05) is 24.5 Å². The van der Waals surface area contributed by atoms with E-state index in [0.717, 1.165) is 21.9 Å². The van der Waals surface area contributed by atoms with Crippen molar-refractivity contribution in [3.05, 3.63) is 78.1 Å². The zero-order valence-electron chi connectivity index (χ0n) is 13.3. The van der Waals surface area contributed by atoms with E-state index in [1.807, 2.05) is 42.5 Å². The number of benzene rings is 2. The first-order valence-electron chi connectivity index (χ1n) is 7.72. The van der Waals surface area contributed by atoms with Gasteiger partial charge in [-0.05, 0) is 28.5 Å². The molecule has 6 nitrogen and oxygen atoms in total. The molecule has 0 aliphatic rings. The Morgan fingerprint density at radius 2 is 1.72 bits per heavy atom. The summed E-state index contributed by atoms with van der Waals surface area (Å²) in [4.78, 5) is 27.4. The molecule has 0 spiro atoms. The molecule has 3 rings (SSSR count). The zero-order valence-corrected chi connectivity index (χ0v) is 13.3. The van der Waals surface area contributed by atoms with Crippen molar-refractivity contribution < 1.29 is 9.59 Å². The largest absolute Gasteiger partial charge is 0.344 e. The van der Waals surface area contributed by atoms with Crippen molar-refractivity contribution in [3.8, 4) is 0 Å². The molecule has 0 radical (unpaired) electrons. The predicted molar refractivity (Wildman–Crippen MR) is 95.8 cm³/mol. The van der Waals surface area contributed by atoms with Crippen LogP contribution in [0.1, 0.15) is 11.1 Å². The lowest BCUT2D eigenvalue weighted by Crippen LogP contribution is -2.37. The summed E-state index contributed by atoms with van der Waals surface area (Å²) < 4.78 is 0. The molecule has 25 heavy (non-hydrogen) atoms. The van der Waals surface area contributed by atoms with Gasteiger partial charge in [0.25, 0.3) is 0 Å². The molecule has 0 atom stereocenters. The van der Waals surface area contributed by atoms with Crippen molar-refractivity contribution in [1.82, 2.24) is 15.7 Å².